The number of likely N-dealkylation sites (tertiary alicyclic amines) is 1. The van der Waals surface area contributed by atoms with Crippen LogP contribution in [0.25, 0.3) is 0 Å². The fraction of sp³-hybridized carbons (Fsp3) is 0.538. The van der Waals surface area contributed by atoms with Crippen molar-refractivity contribution >= 4 is 29.8 Å². The second kappa shape index (κ2) is 13.6. The highest BCUT2D eigenvalue weighted by Gasteiger charge is 2.21. The number of nitrogens with zero attached hydrogens (tertiary/aromatic N) is 5. The van der Waals surface area contributed by atoms with E-state index in [-0.39, 0.29) is 11.9 Å². The molecular weight excluding hydrogens is 456 g/mol. The smallest absolute Gasteiger partial charge is 0.222 e. The van der Waals surface area contributed by atoms with Crippen LogP contribution in [-0.2, 0) is 16.0 Å². The summed E-state index contributed by atoms with van der Waals surface area (Å²) in [6.45, 7) is 7.69. The third kappa shape index (κ3) is 7.81. The fourth-order valence-corrected chi connectivity index (χ4v) is 4.70. The largest absolute Gasteiger partial charge is 0.370 e. The number of nitrogens with two attached hydrogens (primary N) is 1. The molecule has 0 aromatic heterocycles. The van der Waals surface area contributed by atoms with Crippen molar-refractivity contribution in [2.24, 2.45) is 10.7 Å². The van der Waals surface area contributed by atoms with Crippen molar-refractivity contribution in [1.82, 2.24) is 20.0 Å². The number of anilines is 1. The van der Waals surface area contributed by atoms with Crippen LogP contribution in [0.15, 0.2) is 41.5 Å². The second-order valence-corrected chi connectivity index (χ2v) is 9.22. The van der Waals surface area contributed by atoms with Gasteiger partial charge in [0.05, 0.1) is 0 Å². The molecule has 1 aromatic carbocycles. The molecule has 0 aliphatic carbocycles. The topological polar surface area (TPSA) is 121 Å². The average Bonchev–Trinajstić information content (AvgIpc) is 2.91. The van der Waals surface area contributed by atoms with Gasteiger partial charge in [0.25, 0.3) is 0 Å². The quantitative estimate of drug-likeness (QED) is 0.269. The summed E-state index contributed by atoms with van der Waals surface area (Å²) in [5.41, 5.74) is 7.47. The molecule has 1 aromatic rings. The van der Waals surface area contributed by atoms with Crippen molar-refractivity contribution < 1.29 is 9.59 Å². The highest BCUT2D eigenvalue weighted by molar-refractivity contribution is 5.94. The summed E-state index contributed by atoms with van der Waals surface area (Å²) in [5.74, 6) is 1.03. The summed E-state index contributed by atoms with van der Waals surface area (Å²) in [6.07, 6.45) is 7.86. The summed E-state index contributed by atoms with van der Waals surface area (Å²) < 4.78 is 0. The standard InChI is InChI=1S/C26H40N8O2/c1-3-25(36)33-18-16-32(17-19-33)24(29-2)11-15-34(20-35)23-6-4-21(5-7-23)8-12-31-13-9-22(10-14-31)30-26(27)28/h4-7,11,15,20,22H,3,8-10,12-14,16-19H2,1-2H3,(H4,27,28,30)/b15-11-,29-24+. The number of amides is 2. The van der Waals surface area contributed by atoms with Gasteiger partial charge in [-0.15, -0.1) is 0 Å². The maximum atomic E-state index is 11.9. The normalized spacial score (nSPS) is 17.9. The number of hydrogen-bond donors (Lipinski definition) is 3. The molecule has 0 atom stereocenters. The Hall–Kier alpha value is -3.40. The van der Waals surface area contributed by atoms with E-state index in [9.17, 15) is 9.59 Å². The lowest BCUT2D eigenvalue weighted by atomic mass is 10.0. The molecule has 2 aliphatic rings. The van der Waals surface area contributed by atoms with Crippen molar-refractivity contribution in [3.63, 3.8) is 0 Å². The lowest BCUT2D eigenvalue weighted by Gasteiger charge is -2.35. The van der Waals surface area contributed by atoms with E-state index in [4.69, 9.17) is 11.1 Å². The van der Waals surface area contributed by atoms with Crippen LogP contribution in [-0.4, -0.2) is 97.7 Å². The number of amidine groups is 1. The summed E-state index contributed by atoms with van der Waals surface area (Å²) in [7, 11) is 1.74. The van der Waals surface area contributed by atoms with Gasteiger partial charge in [-0.1, -0.05) is 19.1 Å². The second-order valence-electron chi connectivity index (χ2n) is 9.22. The number of piperazine rings is 1. The van der Waals surface area contributed by atoms with Gasteiger partial charge in [-0.3, -0.25) is 24.9 Å². The van der Waals surface area contributed by atoms with Crippen LogP contribution < -0.4 is 16.0 Å². The van der Waals surface area contributed by atoms with Crippen LogP contribution in [0.4, 0.5) is 5.69 Å². The first kappa shape index (κ1) is 27.2. The van der Waals surface area contributed by atoms with Crippen LogP contribution >= 0.6 is 0 Å². The van der Waals surface area contributed by atoms with E-state index >= 15 is 0 Å². The lowest BCUT2D eigenvalue weighted by Crippen LogP contribution is -2.50. The number of benzene rings is 1. The van der Waals surface area contributed by atoms with Gasteiger partial charge in [-0.2, -0.15) is 0 Å². The molecule has 0 bridgehead atoms. The molecule has 2 saturated heterocycles. The molecule has 0 radical (unpaired) electrons. The van der Waals surface area contributed by atoms with Gasteiger partial charge in [0, 0.05) is 77.2 Å². The molecule has 0 unspecified atom stereocenters. The molecule has 0 saturated carbocycles. The monoisotopic (exact) mass is 496 g/mol. The van der Waals surface area contributed by atoms with Gasteiger partial charge in [0.2, 0.25) is 12.3 Å². The Labute approximate surface area is 214 Å². The van der Waals surface area contributed by atoms with Crippen molar-refractivity contribution in [3.05, 3.63) is 42.1 Å². The molecule has 0 spiro atoms. The minimum Gasteiger partial charge on any atom is -0.370 e. The number of carbonyl (C=O) groups is 2. The maximum Gasteiger partial charge on any atom is 0.222 e. The Bertz CT molecular complexity index is 930. The van der Waals surface area contributed by atoms with E-state index < -0.39 is 0 Å². The SMILES string of the molecule is CCC(=O)N1CCN(C(/C=C\N(C=O)c2ccc(CCN3CCC(NC(=N)N)CC3)cc2)=N/C)CC1. The van der Waals surface area contributed by atoms with Gasteiger partial charge >= 0.3 is 0 Å². The molecular formula is C26H40N8O2. The van der Waals surface area contributed by atoms with Gasteiger partial charge < -0.3 is 25.8 Å². The minimum absolute atomic E-state index is 0.0499. The Kier molecular flexibility index (Phi) is 10.3. The minimum atomic E-state index is 0.0499. The van der Waals surface area contributed by atoms with E-state index in [2.05, 4.69) is 32.2 Å². The summed E-state index contributed by atoms with van der Waals surface area (Å²) >= 11 is 0. The number of nitrogens with one attached hydrogen (secondary N) is 2. The molecule has 36 heavy (non-hydrogen) atoms. The fourth-order valence-electron chi connectivity index (χ4n) is 4.70. The Morgan fingerprint density at radius 1 is 1.14 bits per heavy atom. The molecule has 10 nitrogen and oxygen atoms in total. The van der Waals surface area contributed by atoms with Crippen molar-refractivity contribution in [2.45, 2.75) is 38.6 Å². The third-order valence-corrected chi connectivity index (χ3v) is 6.88. The van der Waals surface area contributed by atoms with Gasteiger partial charge in [-0.25, -0.2) is 0 Å². The Morgan fingerprint density at radius 2 is 1.78 bits per heavy atom. The molecule has 3 rings (SSSR count). The molecule has 2 heterocycles. The first-order valence-electron chi connectivity index (χ1n) is 12.8. The number of rotatable bonds is 9. The number of piperidine rings is 1. The zero-order valence-electron chi connectivity index (χ0n) is 21.5. The van der Waals surface area contributed by atoms with Gasteiger partial charge in [0.1, 0.15) is 5.84 Å². The van der Waals surface area contributed by atoms with Crippen molar-refractivity contribution in [3.8, 4) is 0 Å². The van der Waals surface area contributed by atoms with E-state index in [1.807, 2.05) is 30.0 Å². The van der Waals surface area contributed by atoms with E-state index in [1.54, 1.807) is 18.1 Å². The average molecular weight is 497 g/mol. The number of guanidine groups is 1. The van der Waals surface area contributed by atoms with Crippen LogP contribution in [0, 0.1) is 5.41 Å². The summed E-state index contributed by atoms with van der Waals surface area (Å²) in [4.78, 5) is 36.1. The molecule has 2 aliphatic heterocycles. The molecule has 4 N–H and O–H groups in total. The predicted molar refractivity (Wildman–Crippen MR) is 144 cm³/mol. The maximum absolute atomic E-state index is 11.9. The van der Waals surface area contributed by atoms with E-state index in [0.29, 0.717) is 25.6 Å². The van der Waals surface area contributed by atoms with Crippen LogP contribution in [0.5, 0.6) is 0 Å². The number of carbonyl (C=O) groups excluding carboxylic acids is 2. The molecule has 2 fully saturated rings. The molecule has 2 amide bonds. The summed E-state index contributed by atoms with van der Waals surface area (Å²) in [5, 5.41) is 10.4. The molecule has 196 valence electrons. The number of hydrogen-bond acceptors (Lipinski definition) is 5. The van der Waals surface area contributed by atoms with E-state index in [1.165, 1.54) is 5.56 Å². The number of aliphatic imine (C=N–C) groups is 1. The summed E-state index contributed by atoms with van der Waals surface area (Å²) in [6, 6.07) is 8.38. The zero-order chi connectivity index (χ0) is 25.9. The van der Waals surface area contributed by atoms with Gasteiger partial charge in [0.15, 0.2) is 5.96 Å². The van der Waals surface area contributed by atoms with Crippen LogP contribution in [0.1, 0.15) is 31.7 Å². The van der Waals surface area contributed by atoms with Crippen LogP contribution in [0.3, 0.4) is 0 Å². The molecule has 10 heteroatoms. The van der Waals surface area contributed by atoms with E-state index in [0.717, 1.165) is 69.9 Å². The first-order chi connectivity index (χ1) is 17.4. The lowest BCUT2D eigenvalue weighted by molar-refractivity contribution is -0.132. The highest BCUT2D eigenvalue weighted by Crippen LogP contribution is 2.17. The van der Waals surface area contributed by atoms with Gasteiger partial charge in [-0.05, 0) is 43.0 Å². The predicted octanol–water partition coefficient (Wildman–Crippen LogP) is 1.24. The van der Waals surface area contributed by atoms with Crippen molar-refractivity contribution in [1.29, 1.82) is 5.41 Å². The zero-order valence-corrected chi connectivity index (χ0v) is 21.5. The van der Waals surface area contributed by atoms with Crippen LogP contribution in [0.2, 0.25) is 0 Å². The third-order valence-electron chi connectivity index (χ3n) is 6.88. The van der Waals surface area contributed by atoms with Crippen molar-refractivity contribution in [2.75, 3.05) is 57.8 Å². The Morgan fingerprint density at radius 3 is 2.33 bits per heavy atom. The Balaban J connectivity index is 1.49. The first-order valence-corrected chi connectivity index (χ1v) is 12.8. The highest BCUT2D eigenvalue weighted by atomic mass is 16.2.